The minimum Gasteiger partial charge on any atom is -0.451 e. The van der Waals surface area contributed by atoms with Crippen molar-refractivity contribution in [1.82, 2.24) is 10.6 Å². The Balaban J connectivity index is 1.45. The highest BCUT2D eigenvalue weighted by atomic mass is 35.5. The molecular formula is C19H16Cl2N2O3S. The smallest absolute Gasteiger partial charge is 0.287 e. The fourth-order valence-corrected chi connectivity index (χ4v) is 3.28. The van der Waals surface area contributed by atoms with Gasteiger partial charge in [-0.1, -0.05) is 29.3 Å². The summed E-state index contributed by atoms with van der Waals surface area (Å²) in [5.74, 6) is 0.320. The summed E-state index contributed by atoms with van der Waals surface area (Å²) in [5.41, 5.74) is 0.736. The zero-order chi connectivity index (χ0) is 19.2. The van der Waals surface area contributed by atoms with E-state index in [4.69, 9.17) is 27.6 Å². The van der Waals surface area contributed by atoms with Crippen molar-refractivity contribution in [2.75, 3.05) is 13.1 Å². The van der Waals surface area contributed by atoms with Crippen LogP contribution in [0.2, 0.25) is 10.0 Å². The molecule has 0 aliphatic carbocycles. The zero-order valence-corrected chi connectivity index (χ0v) is 16.5. The van der Waals surface area contributed by atoms with Gasteiger partial charge < -0.3 is 15.1 Å². The molecule has 5 nitrogen and oxygen atoms in total. The topological polar surface area (TPSA) is 71.3 Å². The number of carbonyl (C=O) groups excluding carboxylic acids is 2. The molecule has 3 aromatic rings. The van der Waals surface area contributed by atoms with E-state index in [1.165, 1.54) is 11.3 Å². The number of furan rings is 1. The molecule has 2 N–H and O–H groups in total. The first-order valence-electron chi connectivity index (χ1n) is 8.20. The third kappa shape index (κ3) is 5.13. The predicted molar refractivity (Wildman–Crippen MR) is 108 cm³/mol. The van der Waals surface area contributed by atoms with Gasteiger partial charge in [-0.05, 0) is 48.2 Å². The number of hydrogen-bond acceptors (Lipinski definition) is 4. The van der Waals surface area contributed by atoms with Crippen molar-refractivity contribution in [1.29, 1.82) is 0 Å². The molecule has 0 aliphatic heterocycles. The third-order valence-corrected chi connectivity index (χ3v) is 5.31. The molecule has 140 valence electrons. The van der Waals surface area contributed by atoms with E-state index >= 15 is 0 Å². The van der Waals surface area contributed by atoms with Gasteiger partial charge in [-0.15, -0.1) is 11.3 Å². The summed E-state index contributed by atoms with van der Waals surface area (Å²) in [7, 11) is 0. The fraction of sp³-hybridized carbons (Fsp3) is 0.158. The summed E-state index contributed by atoms with van der Waals surface area (Å²) >= 11 is 13.3. The maximum Gasteiger partial charge on any atom is 0.287 e. The molecular weight excluding hydrogens is 407 g/mol. The number of hydrogen-bond donors (Lipinski definition) is 2. The van der Waals surface area contributed by atoms with Crippen LogP contribution in [-0.2, 0) is 0 Å². The maximum absolute atomic E-state index is 12.2. The van der Waals surface area contributed by atoms with Gasteiger partial charge in [-0.2, -0.15) is 0 Å². The lowest BCUT2D eigenvalue weighted by Gasteiger charge is -2.05. The van der Waals surface area contributed by atoms with Crippen molar-refractivity contribution in [3.8, 4) is 11.3 Å². The highest BCUT2D eigenvalue weighted by Crippen LogP contribution is 2.29. The summed E-state index contributed by atoms with van der Waals surface area (Å²) in [4.78, 5) is 24.6. The van der Waals surface area contributed by atoms with Crippen LogP contribution in [0.1, 0.15) is 26.6 Å². The number of nitrogens with one attached hydrogen (secondary N) is 2. The number of amides is 2. The molecule has 3 rings (SSSR count). The normalized spacial score (nSPS) is 10.6. The first-order chi connectivity index (χ1) is 13.0. The molecule has 0 unspecified atom stereocenters. The second-order valence-corrected chi connectivity index (χ2v) is 7.40. The number of benzene rings is 1. The Morgan fingerprint density at radius 3 is 2.44 bits per heavy atom. The summed E-state index contributed by atoms with van der Waals surface area (Å²) in [6, 6.07) is 12.0. The standard InChI is InChI=1S/C19H16Cl2N2O3S/c20-13-5-4-12(11-14(13)21)15-6-7-16(26-15)18(24)22-8-2-9-23-19(25)17-3-1-10-27-17/h1,3-7,10-11H,2,8-9H2,(H,22,24)(H,23,25). The first kappa shape index (κ1) is 19.5. The Morgan fingerprint density at radius 1 is 0.963 bits per heavy atom. The molecule has 8 heteroatoms. The highest BCUT2D eigenvalue weighted by molar-refractivity contribution is 7.12. The molecule has 0 radical (unpaired) electrons. The third-order valence-electron chi connectivity index (χ3n) is 3.70. The summed E-state index contributed by atoms with van der Waals surface area (Å²) < 4.78 is 5.59. The van der Waals surface area contributed by atoms with E-state index < -0.39 is 0 Å². The fourth-order valence-electron chi connectivity index (χ4n) is 2.34. The molecule has 0 saturated carbocycles. The van der Waals surface area contributed by atoms with Crippen LogP contribution in [0.5, 0.6) is 0 Å². The van der Waals surface area contributed by atoms with Gasteiger partial charge in [0.1, 0.15) is 5.76 Å². The van der Waals surface area contributed by atoms with Gasteiger partial charge in [-0.3, -0.25) is 9.59 Å². The molecule has 2 amide bonds. The van der Waals surface area contributed by atoms with Gasteiger partial charge in [0.2, 0.25) is 0 Å². The summed E-state index contributed by atoms with van der Waals surface area (Å²) in [6.07, 6.45) is 0.614. The molecule has 0 fully saturated rings. The Labute approximate surface area is 170 Å². The van der Waals surface area contributed by atoms with Crippen LogP contribution in [-0.4, -0.2) is 24.9 Å². The SMILES string of the molecule is O=C(NCCCNC(=O)c1cccs1)c1ccc(-c2ccc(Cl)c(Cl)c2)o1. The molecule has 0 bridgehead atoms. The van der Waals surface area contributed by atoms with Crippen LogP contribution >= 0.6 is 34.5 Å². The quantitative estimate of drug-likeness (QED) is 0.533. The van der Waals surface area contributed by atoms with Crippen LogP contribution in [0.15, 0.2) is 52.3 Å². The van der Waals surface area contributed by atoms with Crippen molar-refractivity contribution in [2.45, 2.75) is 6.42 Å². The van der Waals surface area contributed by atoms with Gasteiger partial charge >= 0.3 is 0 Å². The lowest BCUT2D eigenvalue weighted by atomic mass is 10.2. The Hall–Kier alpha value is -2.28. The Bertz CT molecular complexity index is 938. The largest absolute Gasteiger partial charge is 0.451 e. The van der Waals surface area contributed by atoms with Crippen molar-refractivity contribution >= 4 is 46.4 Å². The van der Waals surface area contributed by atoms with Crippen LogP contribution in [0, 0.1) is 0 Å². The van der Waals surface area contributed by atoms with Gasteiger partial charge in [0.05, 0.1) is 14.9 Å². The average molecular weight is 423 g/mol. The Morgan fingerprint density at radius 2 is 1.74 bits per heavy atom. The minimum atomic E-state index is -0.314. The zero-order valence-electron chi connectivity index (χ0n) is 14.1. The van der Waals surface area contributed by atoms with Gasteiger partial charge in [0.15, 0.2) is 5.76 Å². The molecule has 27 heavy (non-hydrogen) atoms. The molecule has 0 spiro atoms. The lowest BCUT2D eigenvalue weighted by Crippen LogP contribution is -2.29. The lowest BCUT2D eigenvalue weighted by molar-refractivity contribution is 0.0926. The van der Waals surface area contributed by atoms with Crippen LogP contribution in [0.4, 0.5) is 0 Å². The van der Waals surface area contributed by atoms with Crippen LogP contribution in [0.25, 0.3) is 11.3 Å². The monoisotopic (exact) mass is 422 g/mol. The average Bonchev–Trinajstić information content (AvgIpc) is 3.35. The van der Waals surface area contributed by atoms with Gasteiger partial charge in [0, 0.05) is 18.7 Å². The van der Waals surface area contributed by atoms with Crippen molar-refractivity contribution in [3.05, 3.63) is 68.5 Å². The van der Waals surface area contributed by atoms with Crippen LogP contribution < -0.4 is 10.6 Å². The van der Waals surface area contributed by atoms with E-state index in [2.05, 4.69) is 10.6 Å². The van der Waals surface area contributed by atoms with Crippen molar-refractivity contribution < 1.29 is 14.0 Å². The molecule has 2 aromatic heterocycles. The highest BCUT2D eigenvalue weighted by Gasteiger charge is 2.13. The number of halogens is 2. The van der Waals surface area contributed by atoms with E-state index in [1.54, 1.807) is 36.4 Å². The second kappa shape index (κ2) is 9.08. The number of carbonyl (C=O) groups is 2. The van der Waals surface area contributed by atoms with Crippen molar-refractivity contribution in [2.24, 2.45) is 0 Å². The molecule has 1 aromatic carbocycles. The van der Waals surface area contributed by atoms with E-state index in [-0.39, 0.29) is 17.6 Å². The van der Waals surface area contributed by atoms with E-state index in [0.29, 0.717) is 40.2 Å². The van der Waals surface area contributed by atoms with Gasteiger partial charge in [-0.25, -0.2) is 0 Å². The molecule has 2 heterocycles. The minimum absolute atomic E-state index is 0.103. The predicted octanol–water partition coefficient (Wildman–Crippen LogP) is 4.86. The molecule has 0 saturated heterocycles. The maximum atomic E-state index is 12.2. The molecule has 0 aliphatic rings. The second-order valence-electron chi connectivity index (χ2n) is 5.64. The summed E-state index contributed by atoms with van der Waals surface area (Å²) in [5, 5.41) is 8.30. The first-order valence-corrected chi connectivity index (χ1v) is 9.83. The van der Waals surface area contributed by atoms with Crippen molar-refractivity contribution in [3.63, 3.8) is 0 Å². The van der Waals surface area contributed by atoms with E-state index in [1.807, 2.05) is 11.4 Å². The molecule has 0 atom stereocenters. The Kier molecular flexibility index (Phi) is 6.55. The van der Waals surface area contributed by atoms with Gasteiger partial charge in [0.25, 0.3) is 11.8 Å². The number of thiophene rings is 1. The van der Waals surface area contributed by atoms with Crippen LogP contribution in [0.3, 0.4) is 0 Å². The van der Waals surface area contributed by atoms with E-state index in [0.717, 1.165) is 5.56 Å². The van der Waals surface area contributed by atoms with E-state index in [9.17, 15) is 9.59 Å². The summed E-state index contributed by atoms with van der Waals surface area (Å²) in [6.45, 7) is 0.899. The number of rotatable bonds is 7.